The second-order valence-electron chi connectivity index (χ2n) is 7.74. The highest BCUT2D eigenvalue weighted by molar-refractivity contribution is 7.89. The third-order valence-electron chi connectivity index (χ3n) is 4.79. The number of amides is 2. The van der Waals surface area contributed by atoms with Gasteiger partial charge in [-0.2, -0.15) is 4.31 Å². The van der Waals surface area contributed by atoms with E-state index in [0.717, 1.165) is 6.42 Å². The summed E-state index contributed by atoms with van der Waals surface area (Å²) in [5, 5.41) is 0. The molecule has 0 unspecified atom stereocenters. The number of piperidine rings is 1. The number of likely N-dealkylation sites (N-methyl/N-ethyl adjacent to an activating group) is 2. The first kappa shape index (κ1) is 21.4. The fraction of sp³-hybridized carbons (Fsp3) is 0.579. The standard InChI is InChI=1S/C19H29N3O4S/c1-14-10-15(2)12-22(11-14)27(25,26)17-8-6-16(7-9-17)19(24)21(5)13-18(23)20(3)4/h6-9,14-15H,10-13H2,1-5H3/t14-,15-/m1/s1. The molecule has 2 rings (SSSR count). The molecule has 0 radical (unpaired) electrons. The Morgan fingerprint density at radius 1 is 1.04 bits per heavy atom. The molecule has 1 saturated heterocycles. The van der Waals surface area contributed by atoms with E-state index < -0.39 is 10.0 Å². The third kappa shape index (κ3) is 5.07. The van der Waals surface area contributed by atoms with Crippen molar-refractivity contribution in [3.05, 3.63) is 29.8 Å². The molecule has 1 aromatic rings. The fourth-order valence-electron chi connectivity index (χ4n) is 3.36. The molecule has 0 spiro atoms. The maximum absolute atomic E-state index is 12.9. The fourth-order valence-corrected chi connectivity index (χ4v) is 5.04. The van der Waals surface area contributed by atoms with E-state index in [0.29, 0.717) is 30.5 Å². The second-order valence-corrected chi connectivity index (χ2v) is 9.68. The second kappa shape index (κ2) is 8.39. The van der Waals surface area contributed by atoms with Gasteiger partial charge in [0.05, 0.1) is 11.4 Å². The summed E-state index contributed by atoms with van der Waals surface area (Å²) in [4.78, 5) is 27.1. The summed E-state index contributed by atoms with van der Waals surface area (Å²) < 4.78 is 27.3. The Kier molecular flexibility index (Phi) is 6.64. The lowest BCUT2D eigenvalue weighted by Gasteiger charge is -2.34. The number of hydrogen-bond acceptors (Lipinski definition) is 4. The molecule has 0 aromatic heterocycles. The van der Waals surface area contributed by atoms with Crippen molar-refractivity contribution in [1.29, 1.82) is 0 Å². The van der Waals surface area contributed by atoms with Crippen LogP contribution in [0.5, 0.6) is 0 Å². The molecule has 1 aliphatic rings. The van der Waals surface area contributed by atoms with Gasteiger partial charge in [-0.15, -0.1) is 0 Å². The van der Waals surface area contributed by atoms with E-state index in [1.807, 2.05) is 0 Å². The minimum absolute atomic E-state index is 0.0323. The van der Waals surface area contributed by atoms with Crippen LogP contribution in [0.2, 0.25) is 0 Å². The Balaban J connectivity index is 2.14. The lowest BCUT2D eigenvalue weighted by molar-refractivity contribution is -0.129. The van der Waals surface area contributed by atoms with Crippen molar-refractivity contribution in [3.8, 4) is 0 Å². The van der Waals surface area contributed by atoms with Gasteiger partial charge in [0.15, 0.2) is 0 Å². The van der Waals surface area contributed by atoms with Crippen molar-refractivity contribution >= 4 is 21.8 Å². The molecule has 1 aliphatic heterocycles. The summed E-state index contributed by atoms with van der Waals surface area (Å²) >= 11 is 0. The van der Waals surface area contributed by atoms with Crippen LogP contribution in [0.15, 0.2) is 29.2 Å². The van der Waals surface area contributed by atoms with Crippen LogP contribution in [-0.4, -0.2) is 75.1 Å². The van der Waals surface area contributed by atoms with Gasteiger partial charge in [0, 0.05) is 39.8 Å². The molecular formula is C19H29N3O4S. The number of rotatable bonds is 5. The van der Waals surface area contributed by atoms with E-state index in [9.17, 15) is 18.0 Å². The van der Waals surface area contributed by atoms with E-state index in [-0.39, 0.29) is 23.3 Å². The molecule has 0 bridgehead atoms. The molecular weight excluding hydrogens is 366 g/mol. The van der Waals surface area contributed by atoms with Gasteiger partial charge >= 0.3 is 0 Å². The van der Waals surface area contributed by atoms with Gasteiger partial charge in [-0.3, -0.25) is 9.59 Å². The zero-order chi connectivity index (χ0) is 20.4. The highest BCUT2D eigenvalue weighted by atomic mass is 32.2. The van der Waals surface area contributed by atoms with Crippen molar-refractivity contribution in [2.45, 2.75) is 25.2 Å². The summed E-state index contributed by atoms with van der Waals surface area (Å²) in [6.45, 7) is 5.12. The van der Waals surface area contributed by atoms with Gasteiger partial charge in [-0.25, -0.2) is 8.42 Å². The van der Waals surface area contributed by atoms with Gasteiger partial charge in [0.2, 0.25) is 15.9 Å². The lowest BCUT2D eigenvalue weighted by Crippen LogP contribution is -2.42. The van der Waals surface area contributed by atoms with Gasteiger partial charge in [-0.1, -0.05) is 13.8 Å². The summed E-state index contributed by atoms with van der Waals surface area (Å²) in [5.41, 5.74) is 0.350. The van der Waals surface area contributed by atoms with Gasteiger partial charge in [0.25, 0.3) is 5.91 Å². The topological polar surface area (TPSA) is 78.0 Å². The van der Waals surface area contributed by atoms with Crippen LogP contribution >= 0.6 is 0 Å². The van der Waals surface area contributed by atoms with Crippen LogP contribution in [0.25, 0.3) is 0 Å². The van der Waals surface area contributed by atoms with Gasteiger partial charge < -0.3 is 9.80 Å². The molecule has 0 aliphatic carbocycles. The van der Waals surface area contributed by atoms with Crippen molar-refractivity contribution in [3.63, 3.8) is 0 Å². The highest BCUT2D eigenvalue weighted by Gasteiger charge is 2.31. The van der Waals surface area contributed by atoms with Crippen LogP contribution in [0.4, 0.5) is 0 Å². The van der Waals surface area contributed by atoms with Crippen molar-refractivity contribution in [2.75, 3.05) is 40.8 Å². The molecule has 7 nitrogen and oxygen atoms in total. The molecule has 0 saturated carbocycles. The van der Waals surface area contributed by atoms with Crippen LogP contribution in [0, 0.1) is 11.8 Å². The van der Waals surface area contributed by atoms with E-state index in [1.165, 1.54) is 38.4 Å². The number of hydrogen-bond donors (Lipinski definition) is 0. The van der Waals surface area contributed by atoms with Crippen molar-refractivity contribution in [1.82, 2.24) is 14.1 Å². The van der Waals surface area contributed by atoms with E-state index >= 15 is 0 Å². The molecule has 27 heavy (non-hydrogen) atoms. The van der Waals surface area contributed by atoms with E-state index in [2.05, 4.69) is 13.8 Å². The van der Waals surface area contributed by atoms with Crippen LogP contribution in [0.1, 0.15) is 30.6 Å². The Morgan fingerprint density at radius 2 is 1.56 bits per heavy atom. The summed E-state index contributed by atoms with van der Waals surface area (Å²) in [7, 11) is 1.23. The van der Waals surface area contributed by atoms with Crippen LogP contribution in [-0.2, 0) is 14.8 Å². The first-order valence-electron chi connectivity index (χ1n) is 9.08. The molecule has 0 N–H and O–H groups in total. The van der Waals surface area contributed by atoms with Crippen LogP contribution < -0.4 is 0 Å². The first-order valence-corrected chi connectivity index (χ1v) is 10.5. The van der Waals surface area contributed by atoms with Gasteiger partial charge in [0.1, 0.15) is 0 Å². The number of carbonyl (C=O) groups is 2. The van der Waals surface area contributed by atoms with E-state index in [4.69, 9.17) is 0 Å². The zero-order valence-electron chi connectivity index (χ0n) is 16.7. The zero-order valence-corrected chi connectivity index (χ0v) is 17.5. The minimum atomic E-state index is -3.57. The molecule has 1 aromatic carbocycles. The summed E-state index contributed by atoms with van der Waals surface area (Å²) in [6.07, 6.45) is 1.03. The largest absolute Gasteiger partial charge is 0.347 e. The smallest absolute Gasteiger partial charge is 0.254 e. The minimum Gasteiger partial charge on any atom is -0.347 e. The molecule has 1 heterocycles. The maximum Gasteiger partial charge on any atom is 0.254 e. The summed E-state index contributed by atoms with van der Waals surface area (Å²) in [6, 6.07) is 5.94. The van der Waals surface area contributed by atoms with Crippen LogP contribution in [0.3, 0.4) is 0 Å². The average Bonchev–Trinajstić information content (AvgIpc) is 2.60. The SMILES string of the molecule is C[C@@H]1C[C@@H](C)CN(S(=O)(=O)c2ccc(C(=O)N(C)CC(=O)N(C)C)cc2)C1. The molecule has 150 valence electrons. The van der Waals surface area contributed by atoms with E-state index in [1.54, 1.807) is 21.1 Å². The number of carbonyl (C=O) groups excluding carboxylic acids is 2. The first-order chi connectivity index (χ1) is 12.5. The van der Waals surface area contributed by atoms with Crippen molar-refractivity contribution < 1.29 is 18.0 Å². The Hall–Kier alpha value is -1.93. The predicted octanol–water partition coefficient (Wildman–Crippen LogP) is 1.51. The molecule has 2 atom stereocenters. The lowest BCUT2D eigenvalue weighted by atomic mass is 9.94. The molecule has 2 amide bonds. The number of benzene rings is 1. The Bertz CT molecular complexity index is 780. The normalized spacial score (nSPS) is 20.9. The quantitative estimate of drug-likeness (QED) is 0.757. The molecule has 1 fully saturated rings. The maximum atomic E-state index is 12.9. The van der Waals surface area contributed by atoms with Crippen molar-refractivity contribution in [2.24, 2.45) is 11.8 Å². The number of nitrogens with zero attached hydrogens (tertiary/aromatic N) is 3. The Morgan fingerprint density at radius 3 is 2.04 bits per heavy atom. The highest BCUT2D eigenvalue weighted by Crippen LogP contribution is 2.26. The van der Waals surface area contributed by atoms with Gasteiger partial charge in [-0.05, 0) is 42.5 Å². The third-order valence-corrected chi connectivity index (χ3v) is 6.64. The average molecular weight is 396 g/mol. The molecule has 8 heteroatoms. The Labute approximate surface area is 162 Å². The number of sulfonamides is 1. The summed E-state index contributed by atoms with van der Waals surface area (Å²) in [5.74, 6) is 0.146. The monoisotopic (exact) mass is 395 g/mol. The predicted molar refractivity (Wildman–Crippen MR) is 104 cm³/mol.